The quantitative estimate of drug-likeness (QED) is 0.810. The van der Waals surface area contributed by atoms with Crippen molar-refractivity contribution in [2.24, 2.45) is 0 Å². The molecule has 0 aliphatic carbocycles. The molecule has 18 heavy (non-hydrogen) atoms. The fourth-order valence-electron chi connectivity index (χ4n) is 1.28. The molecule has 0 aliphatic rings. The van der Waals surface area contributed by atoms with Gasteiger partial charge in [0.1, 0.15) is 0 Å². The van der Waals surface area contributed by atoms with E-state index in [0.29, 0.717) is 17.7 Å². The lowest BCUT2D eigenvalue weighted by atomic mass is 10.1. The maximum absolute atomic E-state index is 11.7. The van der Waals surface area contributed by atoms with E-state index in [1.165, 1.54) is 31.2 Å². The minimum Gasteiger partial charge on any atom is -0.449 e. The van der Waals surface area contributed by atoms with Gasteiger partial charge in [0, 0.05) is 6.54 Å². The molecular weight excluding hydrogens is 232 g/mol. The third-order valence-corrected chi connectivity index (χ3v) is 2.25. The number of nitriles is 1. The van der Waals surface area contributed by atoms with Crippen LogP contribution in [0.2, 0.25) is 0 Å². The van der Waals surface area contributed by atoms with Gasteiger partial charge in [-0.15, -0.1) is 0 Å². The molecule has 0 saturated heterocycles. The van der Waals surface area contributed by atoms with Crippen LogP contribution in [0.3, 0.4) is 0 Å². The molecule has 0 heterocycles. The van der Waals surface area contributed by atoms with E-state index in [0.717, 1.165) is 0 Å². The van der Waals surface area contributed by atoms with Gasteiger partial charge in [0.05, 0.1) is 17.2 Å². The standard InChI is InChI=1S/C13H14N2O3/c1-3-15-12(16)9(2)18-13(17)11-6-4-10(8-14)5-7-11/h4-7,9H,3H2,1-2H3,(H,15,16)/t9-/m0/s1. The molecule has 1 atom stereocenters. The SMILES string of the molecule is CCNC(=O)[C@H](C)OC(=O)c1ccc(C#N)cc1. The Bertz CT molecular complexity index is 474. The Balaban J connectivity index is 2.65. The minimum atomic E-state index is -0.840. The molecule has 1 N–H and O–H groups in total. The van der Waals surface area contributed by atoms with Crippen molar-refractivity contribution in [1.82, 2.24) is 5.32 Å². The van der Waals surface area contributed by atoms with Gasteiger partial charge in [0.25, 0.3) is 5.91 Å². The fraction of sp³-hybridized carbons (Fsp3) is 0.308. The number of nitrogens with zero attached hydrogens (tertiary/aromatic N) is 1. The first-order valence-corrected chi connectivity index (χ1v) is 5.57. The Morgan fingerprint density at radius 3 is 2.50 bits per heavy atom. The summed E-state index contributed by atoms with van der Waals surface area (Å²) in [6.07, 6.45) is -0.840. The smallest absolute Gasteiger partial charge is 0.338 e. The molecule has 0 saturated carbocycles. The van der Waals surface area contributed by atoms with Crippen LogP contribution in [-0.2, 0) is 9.53 Å². The maximum atomic E-state index is 11.7. The van der Waals surface area contributed by atoms with Crippen molar-refractivity contribution in [3.8, 4) is 6.07 Å². The van der Waals surface area contributed by atoms with Crippen LogP contribution >= 0.6 is 0 Å². The molecule has 5 nitrogen and oxygen atoms in total. The van der Waals surface area contributed by atoms with Crippen LogP contribution in [0.15, 0.2) is 24.3 Å². The van der Waals surface area contributed by atoms with Gasteiger partial charge >= 0.3 is 5.97 Å². The zero-order valence-corrected chi connectivity index (χ0v) is 10.3. The summed E-state index contributed by atoms with van der Waals surface area (Å²) in [5.74, 6) is -0.919. The van der Waals surface area contributed by atoms with Crippen molar-refractivity contribution in [3.63, 3.8) is 0 Å². The van der Waals surface area contributed by atoms with Gasteiger partial charge < -0.3 is 10.1 Å². The van der Waals surface area contributed by atoms with E-state index in [1.54, 1.807) is 6.92 Å². The molecule has 0 bridgehead atoms. The molecular formula is C13H14N2O3. The predicted octanol–water partition coefficient (Wildman–Crippen LogP) is 1.24. The Morgan fingerprint density at radius 1 is 1.39 bits per heavy atom. The number of carbonyl (C=O) groups is 2. The first-order chi connectivity index (χ1) is 8.58. The van der Waals surface area contributed by atoms with E-state index in [1.807, 2.05) is 6.07 Å². The summed E-state index contributed by atoms with van der Waals surface area (Å²) in [6.45, 7) is 3.77. The molecule has 0 spiro atoms. The van der Waals surface area contributed by atoms with Crippen molar-refractivity contribution in [2.45, 2.75) is 20.0 Å². The second kappa shape index (κ2) is 6.40. The first kappa shape index (κ1) is 13.7. The highest BCUT2D eigenvalue weighted by Gasteiger charge is 2.17. The van der Waals surface area contributed by atoms with Crippen molar-refractivity contribution in [1.29, 1.82) is 5.26 Å². The van der Waals surface area contributed by atoms with Crippen molar-refractivity contribution in [3.05, 3.63) is 35.4 Å². The fourth-order valence-corrected chi connectivity index (χ4v) is 1.28. The second-order valence-electron chi connectivity index (χ2n) is 3.63. The lowest BCUT2D eigenvalue weighted by molar-refractivity contribution is -0.128. The van der Waals surface area contributed by atoms with Gasteiger partial charge in [0.15, 0.2) is 6.10 Å². The molecule has 0 aliphatic heterocycles. The van der Waals surface area contributed by atoms with Crippen LogP contribution < -0.4 is 5.32 Å². The number of rotatable bonds is 4. The molecule has 0 unspecified atom stereocenters. The number of hydrogen-bond donors (Lipinski definition) is 1. The van der Waals surface area contributed by atoms with Gasteiger partial charge in [0.2, 0.25) is 0 Å². The average Bonchev–Trinajstić information content (AvgIpc) is 2.39. The highest BCUT2D eigenvalue weighted by molar-refractivity contribution is 5.92. The number of hydrogen-bond acceptors (Lipinski definition) is 4. The highest BCUT2D eigenvalue weighted by Crippen LogP contribution is 2.06. The van der Waals surface area contributed by atoms with Gasteiger partial charge in [-0.1, -0.05) is 0 Å². The van der Waals surface area contributed by atoms with E-state index in [4.69, 9.17) is 10.00 Å². The van der Waals surface area contributed by atoms with Crippen LogP contribution in [-0.4, -0.2) is 24.5 Å². The van der Waals surface area contributed by atoms with E-state index in [2.05, 4.69) is 5.32 Å². The van der Waals surface area contributed by atoms with Crippen molar-refractivity contribution < 1.29 is 14.3 Å². The number of likely N-dealkylation sites (N-methyl/N-ethyl adjacent to an activating group) is 1. The number of nitrogens with one attached hydrogen (secondary N) is 1. The third kappa shape index (κ3) is 3.59. The van der Waals surface area contributed by atoms with Crippen molar-refractivity contribution >= 4 is 11.9 Å². The van der Waals surface area contributed by atoms with Gasteiger partial charge in [-0.3, -0.25) is 4.79 Å². The number of carbonyl (C=O) groups excluding carboxylic acids is 2. The minimum absolute atomic E-state index is 0.310. The van der Waals surface area contributed by atoms with Crippen LogP contribution in [0.25, 0.3) is 0 Å². The van der Waals surface area contributed by atoms with Gasteiger partial charge in [-0.25, -0.2) is 4.79 Å². The summed E-state index contributed by atoms with van der Waals surface area (Å²) in [6, 6.07) is 7.98. The summed E-state index contributed by atoms with van der Waals surface area (Å²) < 4.78 is 4.99. The summed E-state index contributed by atoms with van der Waals surface area (Å²) in [4.78, 5) is 23.1. The maximum Gasteiger partial charge on any atom is 0.338 e. The monoisotopic (exact) mass is 246 g/mol. The van der Waals surface area contributed by atoms with Crippen LogP contribution in [0.4, 0.5) is 0 Å². The topological polar surface area (TPSA) is 79.2 Å². The van der Waals surface area contributed by atoms with Crippen LogP contribution in [0.1, 0.15) is 29.8 Å². The van der Waals surface area contributed by atoms with E-state index in [-0.39, 0.29) is 5.91 Å². The third-order valence-electron chi connectivity index (χ3n) is 2.25. The molecule has 1 amide bonds. The largest absolute Gasteiger partial charge is 0.449 e. The molecule has 0 radical (unpaired) electrons. The molecule has 0 aromatic heterocycles. The summed E-state index contributed by atoms with van der Waals surface area (Å²) >= 11 is 0. The molecule has 1 aromatic carbocycles. The average molecular weight is 246 g/mol. The molecule has 94 valence electrons. The number of esters is 1. The van der Waals surface area contributed by atoms with Crippen LogP contribution in [0, 0.1) is 11.3 Å². The molecule has 1 aromatic rings. The lowest BCUT2D eigenvalue weighted by Crippen LogP contribution is -2.35. The first-order valence-electron chi connectivity index (χ1n) is 5.57. The number of amides is 1. The second-order valence-corrected chi connectivity index (χ2v) is 3.63. The molecule has 1 rings (SSSR count). The lowest BCUT2D eigenvalue weighted by Gasteiger charge is -2.12. The summed E-state index contributed by atoms with van der Waals surface area (Å²) in [5, 5.41) is 11.2. The van der Waals surface area contributed by atoms with Crippen LogP contribution in [0.5, 0.6) is 0 Å². The Hall–Kier alpha value is -2.35. The van der Waals surface area contributed by atoms with E-state index >= 15 is 0 Å². The molecule has 0 fully saturated rings. The normalized spacial score (nSPS) is 11.2. The molecule has 5 heteroatoms. The number of ether oxygens (including phenoxy) is 1. The Kier molecular flexibility index (Phi) is 4.88. The zero-order valence-electron chi connectivity index (χ0n) is 10.3. The zero-order chi connectivity index (χ0) is 13.5. The van der Waals surface area contributed by atoms with Crippen molar-refractivity contribution in [2.75, 3.05) is 6.54 Å². The van der Waals surface area contributed by atoms with Gasteiger partial charge in [-0.2, -0.15) is 5.26 Å². The predicted molar refractivity (Wildman–Crippen MR) is 64.7 cm³/mol. The van der Waals surface area contributed by atoms with E-state index < -0.39 is 12.1 Å². The highest BCUT2D eigenvalue weighted by atomic mass is 16.5. The summed E-state index contributed by atoms with van der Waals surface area (Å²) in [7, 11) is 0. The Labute approximate surface area is 105 Å². The Morgan fingerprint density at radius 2 is 2.00 bits per heavy atom. The van der Waals surface area contributed by atoms with E-state index in [9.17, 15) is 9.59 Å². The number of benzene rings is 1. The summed E-state index contributed by atoms with van der Waals surface area (Å²) in [5.41, 5.74) is 0.772. The van der Waals surface area contributed by atoms with Gasteiger partial charge in [-0.05, 0) is 38.1 Å².